The molecular weight excluding hydrogens is 412 g/mol. The Kier molecular flexibility index (Phi) is 7.50. The Bertz CT molecular complexity index is 1130. The van der Waals surface area contributed by atoms with Gasteiger partial charge in [-0.25, -0.2) is 0 Å². The third kappa shape index (κ3) is 5.06. The molecule has 0 aliphatic carbocycles. The highest BCUT2D eigenvalue weighted by molar-refractivity contribution is 6.13. The lowest BCUT2D eigenvalue weighted by molar-refractivity contribution is 0.642. The molecule has 0 saturated carbocycles. The van der Waals surface area contributed by atoms with Gasteiger partial charge in [0.25, 0.3) is 0 Å². The topological polar surface area (TPSA) is 131 Å². The fourth-order valence-electron chi connectivity index (χ4n) is 3.76. The Morgan fingerprint density at radius 1 is 1.21 bits per heavy atom. The quantitative estimate of drug-likeness (QED) is 0.381. The summed E-state index contributed by atoms with van der Waals surface area (Å²) in [6.45, 7) is 4.14. The molecule has 8 heteroatoms. The first-order valence-corrected chi connectivity index (χ1v) is 10.8. The first-order valence-electron chi connectivity index (χ1n) is 10.8. The van der Waals surface area contributed by atoms with Crippen molar-refractivity contribution in [2.45, 2.75) is 20.0 Å². The van der Waals surface area contributed by atoms with Gasteiger partial charge >= 0.3 is 0 Å². The van der Waals surface area contributed by atoms with Crippen LogP contribution in [0.4, 0.5) is 5.69 Å². The number of aliphatic imine (C=N–C) groups is 1. The first-order chi connectivity index (χ1) is 15.9. The number of allylic oxidation sites excluding steroid dienone is 3. The van der Waals surface area contributed by atoms with Gasteiger partial charge in [0.2, 0.25) is 0 Å². The van der Waals surface area contributed by atoms with Crippen molar-refractivity contribution < 1.29 is 0 Å². The van der Waals surface area contributed by atoms with Gasteiger partial charge in [-0.2, -0.15) is 0 Å². The van der Waals surface area contributed by atoms with E-state index in [9.17, 15) is 0 Å². The van der Waals surface area contributed by atoms with Crippen LogP contribution in [0.5, 0.6) is 0 Å². The average Bonchev–Trinajstić information content (AvgIpc) is 2.82. The van der Waals surface area contributed by atoms with Crippen molar-refractivity contribution in [3.05, 3.63) is 77.9 Å². The summed E-state index contributed by atoms with van der Waals surface area (Å²) in [4.78, 5) is 15.2. The second-order valence-electron chi connectivity index (χ2n) is 8.01. The fourth-order valence-corrected chi connectivity index (χ4v) is 3.76. The van der Waals surface area contributed by atoms with E-state index in [1.54, 1.807) is 38.1 Å². The van der Waals surface area contributed by atoms with Gasteiger partial charge in [-0.05, 0) is 53.6 Å². The van der Waals surface area contributed by atoms with Crippen LogP contribution in [0.25, 0.3) is 22.8 Å². The van der Waals surface area contributed by atoms with Gasteiger partial charge < -0.3 is 27.4 Å². The van der Waals surface area contributed by atoms with Crippen molar-refractivity contribution in [1.82, 2.24) is 15.3 Å². The maximum absolute atomic E-state index is 6.32. The van der Waals surface area contributed by atoms with E-state index in [2.05, 4.69) is 34.0 Å². The maximum atomic E-state index is 6.32. The van der Waals surface area contributed by atoms with Gasteiger partial charge in [-0.1, -0.05) is 13.8 Å². The molecule has 1 atom stereocenters. The number of hydrogen-bond donors (Lipinski definition) is 4. The zero-order valence-corrected chi connectivity index (χ0v) is 19.5. The molecule has 1 aliphatic rings. The van der Waals surface area contributed by atoms with Crippen LogP contribution in [0.2, 0.25) is 0 Å². The summed E-state index contributed by atoms with van der Waals surface area (Å²) in [5.41, 5.74) is 24.4. The monoisotopic (exact) mass is 444 g/mol. The van der Waals surface area contributed by atoms with Crippen molar-refractivity contribution in [2.75, 3.05) is 19.0 Å². The summed E-state index contributed by atoms with van der Waals surface area (Å²) in [5.74, 6) is 0.794. The number of hydrogen-bond acceptors (Lipinski definition) is 8. The molecule has 0 aromatic carbocycles. The van der Waals surface area contributed by atoms with E-state index in [1.165, 1.54) is 0 Å². The number of anilines is 1. The second-order valence-corrected chi connectivity index (χ2v) is 8.01. The van der Waals surface area contributed by atoms with Crippen LogP contribution in [0.1, 0.15) is 25.1 Å². The zero-order valence-electron chi connectivity index (χ0n) is 19.5. The zero-order chi connectivity index (χ0) is 24.0. The van der Waals surface area contributed by atoms with Gasteiger partial charge in [0, 0.05) is 61.8 Å². The van der Waals surface area contributed by atoms with E-state index < -0.39 is 0 Å². The summed E-state index contributed by atoms with van der Waals surface area (Å²) in [7, 11) is 3.72. The van der Waals surface area contributed by atoms with Crippen LogP contribution in [-0.2, 0) is 0 Å². The van der Waals surface area contributed by atoms with Gasteiger partial charge in [-0.3, -0.25) is 15.0 Å². The van der Waals surface area contributed by atoms with E-state index in [0.717, 1.165) is 39.2 Å². The largest absolute Gasteiger partial charge is 0.404 e. The maximum Gasteiger partial charge on any atom is 0.120 e. The van der Waals surface area contributed by atoms with E-state index in [4.69, 9.17) is 22.2 Å². The summed E-state index contributed by atoms with van der Waals surface area (Å²) in [5, 5.41) is 3.37. The van der Waals surface area contributed by atoms with Crippen molar-refractivity contribution >= 4 is 23.6 Å². The molecule has 0 saturated heterocycles. The Balaban J connectivity index is 2.11. The van der Waals surface area contributed by atoms with Crippen molar-refractivity contribution in [3.8, 4) is 11.1 Å². The van der Waals surface area contributed by atoms with Crippen LogP contribution in [0.15, 0.2) is 71.7 Å². The average molecular weight is 445 g/mol. The molecule has 7 N–H and O–H groups in total. The molecule has 2 aromatic rings. The van der Waals surface area contributed by atoms with Crippen LogP contribution < -0.4 is 27.4 Å². The van der Waals surface area contributed by atoms with Crippen molar-refractivity contribution in [3.63, 3.8) is 0 Å². The second kappa shape index (κ2) is 10.5. The molecule has 2 aromatic heterocycles. The number of nitrogens with two attached hydrogens (primary N) is 3. The third-order valence-corrected chi connectivity index (χ3v) is 5.51. The Labute approximate surface area is 195 Å². The van der Waals surface area contributed by atoms with E-state index in [0.29, 0.717) is 5.82 Å². The van der Waals surface area contributed by atoms with E-state index >= 15 is 0 Å². The minimum Gasteiger partial charge on any atom is -0.404 e. The predicted molar refractivity (Wildman–Crippen MR) is 138 cm³/mol. The number of likely N-dealkylation sites (N-methyl/N-ethyl adjacent to an activating group) is 1. The lowest BCUT2D eigenvalue weighted by atomic mass is 9.93. The highest BCUT2D eigenvalue weighted by atomic mass is 15.3. The molecule has 3 heterocycles. The lowest BCUT2D eigenvalue weighted by Gasteiger charge is -2.35. The van der Waals surface area contributed by atoms with E-state index in [-0.39, 0.29) is 12.1 Å². The Morgan fingerprint density at radius 3 is 2.55 bits per heavy atom. The van der Waals surface area contributed by atoms with Gasteiger partial charge in [0.1, 0.15) is 6.17 Å². The molecular formula is C25H32N8. The molecule has 3 rings (SSSR count). The smallest absolute Gasteiger partial charge is 0.120 e. The van der Waals surface area contributed by atoms with Gasteiger partial charge in [0.05, 0.1) is 17.2 Å². The lowest BCUT2D eigenvalue weighted by Crippen LogP contribution is -2.45. The minimum atomic E-state index is -0.192. The number of pyridine rings is 2. The highest BCUT2D eigenvalue weighted by Crippen LogP contribution is 2.40. The number of fused-ring (bicyclic) bond motifs is 1. The predicted octanol–water partition coefficient (Wildman–Crippen LogP) is 2.82. The summed E-state index contributed by atoms with van der Waals surface area (Å²) >= 11 is 0. The van der Waals surface area contributed by atoms with Crippen molar-refractivity contribution in [1.29, 1.82) is 0 Å². The molecule has 0 amide bonds. The molecule has 1 aliphatic heterocycles. The molecule has 0 spiro atoms. The fraction of sp³-hybridized carbons (Fsp3) is 0.240. The van der Waals surface area contributed by atoms with Gasteiger partial charge in [-0.15, -0.1) is 0 Å². The molecule has 33 heavy (non-hydrogen) atoms. The van der Waals surface area contributed by atoms with Crippen LogP contribution >= 0.6 is 0 Å². The number of nitrogens with one attached hydrogen (secondary N) is 1. The Morgan fingerprint density at radius 2 is 1.94 bits per heavy atom. The molecule has 0 bridgehead atoms. The molecule has 0 radical (unpaired) electrons. The standard InChI is InChI=1S/C25H32N8/c1-16(2)18(12-26)11-22(28)32-23-6-5-21-25(33(23)4)24(17-7-9-30-10-8-17)20(15-31-21)19(13-27)14-29-3/h5-16,23,32H,26-28H2,1-4H3/b18-12+,19-13?,22-11+,29-14?. The van der Waals surface area contributed by atoms with Crippen LogP contribution in [0, 0.1) is 5.92 Å². The first kappa shape index (κ1) is 23.6. The molecule has 8 nitrogen and oxygen atoms in total. The highest BCUT2D eigenvalue weighted by Gasteiger charge is 2.26. The summed E-state index contributed by atoms with van der Waals surface area (Å²) in [6, 6.07) is 3.94. The van der Waals surface area contributed by atoms with E-state index in [1.807, 2.05) is 43.6 Å². The van der Waals surface area contributed by atoms with Crippen LogP contribution in [0.3, 0.4) is 0 Å². The van der Waals surface area contributed by atoms with Gasteiger partial charge in [0.15, 0.2) is 0 Å². The van der Waals surface area contributed by atoms with Crippen molar-refractivity contribution in [2.24, 2.45) is 28.1 Å². The minimum absolute atomic E-state index is 0.192. The number of nitrogens with zero attached hydrogens (tertiary/aromatic N) is 4. The Hall–Kier alpha value is -4.07. The normalized spacial score (nSPS) is 17.1. The SMILES string of the molecule is CN=CC(=CN)c1cnc2c(c1-c1ccncc1)N(C)C(N/C(N)=C/C(=C\N)C(C)C)C=C2. The van der Waals surface area contributed by atoms with Crippen LogP contribution in [-0.4, -0.2) is 36.4 Å². The molecule has 1 unspecified atom stereocenters. The number of rotatable bonds is 7. The molecule has 0 fully saturated rings. The number of aromatic nitrogens is 2. The third-order valence-electron chi connectivity index (χ3n) is 5.51. The summed E-state index contributed by atoms with van der Waals surface area (Å²) < 4.78 is 0. The molecule has 172 valence electrons. The summed E-state index contributed by atoms with van der Waals surface area (Å²) in [6.07, 6.45) is 15.9.